The van der Waals surface area contributed by atoms with Crippen molar-refractivity contribution >= 4 is 5.97 Å². The van der Waals surface area contributed by atoms with Gasteiger partial charge in [-0.25, -0.2) is 4.39 Å². The molecule has 1 aromatic rings. The smallest absolute Gasteiger partial charge is 0.416 e. The van der Waals surface area contributed by atoms with Crippen molar-refractivity contribution in [2.24, 2.45) is 0 Å². The number of rotatable bonds is 3. The highest BCUT2D eigenvalue weighted by Gasteiger charge is 2.50. The normalized spacial score (nSPS) is 17.6. The molecule has 2 rings (SSSR count). The SMILES string of the molecule is O=C(O)CC1(c2ccc(F)cc2C(F)(F)F)CC1. The van der Waals surface area contributed by atoms with Gasteiger partial charge in [-0.2, -0.15) is 13.2 Å². The van der Waals surface area contributed by atoms with Gasteiger partial charge in [0, 0.05) is 5.41 Å². The molecule has 1 aromatic carbocycles. The lowest BCUT2D eigenvalue weighted by atomic mass is 9.88. The zero-order valence-electron chi connectivity index (χ0n) is 9.22. The van der Waals surface area contributed by atoms with Crippen LogP contribution >= 0.6 is 0 Å². The minimum absolute atomic E-state index is 0.112. The molecule has 0 amide bonds. The van der Waals surface area contributed by atoms with E-state index in [2.05, 4.69) is 0 Å². The van der Waals surface area contributed by atoms with Gasteiger partial charge in [0.05, 0.1) is 12.0 Å². The maximum atomic E-state index is 12.9. The van der Waals surface area contributed by atoms with E-state index in [0.29, 0.717) is 18.9 Å². The molecule has 2 nitrogen and oxygen atoms in total. The molecule has 0 heterocycles. The van der Waals surface area contributed by atoms with Crippen LogP contribution in [0, 0.1) is 5.82 Å². The zero-order chi connectivity index (χ0) is 13.6. The Balaban J connectivity index is 2.48. The summed E-state index contributed by atoms with van der Waals surface area (Å²) < 4.78 is 51.4. The number of hydrogen-bond acceptors (Lipinski definition) is 1. The van der Waals surface area contributed by atoms with E-state index < -0.39 is 28.9 Å². The molecule has 98 valence electrons. The lowest BCUT2D eigenvalue weighted by Crippen LogP contribution is -2.19. The van der Waals surface area contributed by atoms with Crippen LogP contribution in [-0.4, -0.2) is 11.1 Å². The van der Waals surface area contributed by atoms with E-state index in [1.807, 2.05) is 0 Å². The average molecular weight is 262 g/mol. The van der Waals surface area contributed by atoms with Crippen LogP contribution in [0.5, 0.6) is 0 Å². The first-order chi connectivity index (χ1) is 8.24. The summed E-state index contributed by atoms with van der Waals surface area (Å²) in [6.07, 6.45) is -4.27. The highest BCUT2D eigenvalue weighted by molar-refractivity contribution is 5.70. The highest BCUT2D eigenvalue weighted by atomic mass is 19.4. The third kappa shape index (κ3) is 2.32. The molecule has 6 heteroatoms. The van der Waals surface area contributed by atoms with Crippen molar-refractivity contribution in [1.82, 2.24) is 0 Å². The van der Waals surface area contributed by atoms with Gasteiger partial charge in [-0.15, -0.1) is 0 Å². The first-order valence-corrected chi connectivity index (χ1v) is 5.34. The zero-order valence-corrected chi connectivity index (χ0v) is 9.22. The Kier molecular flexibility index (Phi) is 2.83. The van der Waals surface area contributed by atoms with Crippen molar-refractivity contribution in [2.45, 2.75) is 30.9 Å². The van der Waals surface area contributed by atoms with E-state index in [0.717, 1.165) is 12.1 Å². The van der Waals surface area contributed by atoms with Crippen LogP contribution in [0.25, 0.3) is 0 Å². The first-order valence-electron chi connectivity index (χ1n) is 5.34. The summed E-state index contributed by atoms with van der Waals surface area (Å²) >= 11 is 0. The Morgan fingerprint density at radius 3 is 2.39 bits per heavy atom. The van der Waals surface area contributed by atoms with Gasteiger partial charge in [-0.3, -0.25) is 4.79 Å². The van der Waals surface area contributed by atoms with E-state index >= 15 is 0 Å². The Morgan fingerprint density at radius 2 is 1.94 bits per heavy atom. The lowest BCUT2D eigenvalue weighted by molar-refractivity contribution is -0.141. The molecule has 0 bridgehead atoms. The fraction of sp³-hybridized carbons (Fsp3) is 0.417. The van der Waals surface area contributed by atoms with Crippen LogP contribution in [0.1, 0.15) is 30.4 Å². The third-order valence-electron chi connectivity index (χ3n) is 3.20. The summed E-state index contributed by atoms with van der Waals surface area (Å²) in [6, 6.07) is 2.41. The summed E-state index contributed by atoms with van der Waals surface area (Å²) in [5.74, 6) is -2.12. The Hall–Kier alpha value is -1.59. The van der Waals surface area contributed by atoms with Crippen molar-refractivity contribution < 1.29 is 27.5 Å². The number of halogens is 4. The standard InChI is InChI=1S/C12H10F4O2/c13-7-1-2-8(9(5-7)12(14,15)16)11(3-4-11)6-10(17)18/h1-2,5H,3-4,6H2,(H,17,18). The molecule has 0 aromatic heterocycles. The second-order valence-electron chi connectivity index (χ2n) is 4.54. The summed E-state index contributed by atoms with van der Waals surface area (Å²) in [5, 5.41) is 8.74. The molecule has 0 unspecified atom stereocenters. The van der Waals surface area contributed by atoms with Gasteiger partial charge in [0.2, 0.25) is 0 Å². The summed E-state index contributed by atoms with van der Waals surface area (Å²) in [7, 11) is 0. The van der Waals surface area contributed by atoms with Gasteiger partial charge >= 0.3 is 12.1 Å². The minimum Gasteiger partial charge on any atom is -0.481 e. The summed E-state index contributed by atoms with van der Waals surface area (Å²) in [6.45, 7) is 0. The van der Waals surface area contributed by atoms with Crippen molar-refractivity contribution in [1.29, 1.82) is 0 Å². The van der Waals surface area contributed by atoms with Crippen molar-refractivity contribution in [2.75, 3.05) is 0 Å². The number of benzene rings is 1. The highest BCUT2D eigenvalue weighted by Crippen LogP contribution is 2.54. The molecule has 1 saturated carbocycles. The van der Waals surface area contributed by atoms with Crippen LogP contribution in [0.2, 0.25) is 0 Å². The third-order valence-corrected chi connectivity index (χ3v) is 3.20. The van der Waals surface area contributed by atoms with Crippen LogP contribution in [-0.2, 0) is 16.4 Å². The second-order valence-corrected chi connectivity index (χ2v) is 4.54. The summed E-state index contributed by atoms with van der Waals surface area (Å²) in [5.41, 5.74) is -2.16. The van der Waals surface area contributed by atoms with Gasteiger partial charge in [0.25, 0.3) is 0 Å². The van der Waals surface area contributed by atoms with Crippen LogP contribution in [0.15, 0.2) is 18.2 Å². The predicted octanol–water partition coefficient (Wildman–Crippen LogP) is 3.35. The van der Waals surface area contributed by atoms with Gasteiger partial charge in [0.1, 0.15) is 5.82 Å². The molecular formula is C12H10F4O2. The van der Waals surface area contributed by atoms with E-state index in [9.17, 15) is 22.4 Å². The number of aliphatic carboxylic acids is 1. The van der Waals surface area contributed by atoms with Crippen molar-refractivity contribution in [3.05, 3.63) is 35.1 Å². The quantitative estimate of drug-likeness (QED) is 0.848. The summed E-state index contributed by atoms with van der Waals surface area (Å²) in [4.78, 5) is 10.7. The largest absolute Gasteiger partial charge is 0.481 e. The lowest BCUT2D eigenvalue weighted by Gasteiger charge is -2.19. The monoisotopic (exact) mass is 262 g/mol. The molecule has 18 heavy (non-hydrogen) atoms. The number of carboxylic acids is 1. The van der Waals surface area contributed by atoms with Gasteiger partial charge in [-0.1, -0.05) is 6.07 Å². The fourth-order valence-corrected chi connectivity index (χ4v) is 2.20. The van der Waals surface area contributed by atoms with Gasteiger partial charge in [-0.05, 0) is 30.5 Å². The molecule has 0 aliphatic heterocycles. The minimum atomic E-state index is -4.68. The Bertz CT molecular complexity index is 489. The van der Waals surface area contributed by atoms with Crippen LogP contribution < -0.4 is 0 Å². The fourth-order valence-electron chi connectivity index (χ4n) is 2.20. The topological polar surface area (TPSA) is 37.3 Å². The number of hydrogen-bond donors (Lipinski definition) is 1. The molecule has 1 aliphatic carbocycles. The molecule has 1 aliphatic rings. The molecule has 0 atom stereocenters. The molecule has 1 N–H and O–H groups in total. The molecule has 0 radical (unpaired) electrons. The van der Waals surface area contributed by atoms with Gasteiger partial charge < -0.3 is 5.11 Å². The maximum absolute atomic E-state index is 12.9. The van der Waals surface area contributed by atoms with Gasteiger partial charge in [0.15, 0.2) is 0 Å². The van der Waals surface area contributed by atoms with E-state index in [1.54, 1.807) is 0 Å². The second kappa shape index (κ2) is 3.96. The number of carbonyl (C=O) groups is 1. The Morgan fingerprint density at radius 1 is 1.33 bits per heavy atom. The molecule has 0 spiro atoms. The Labute approximate surface area is 100 Å². The van der Waals surface area contributed by atoms with Crippen LogP contribution in [0.3, 0.4) is 0 Å². The van der Waals surface area contributed by atoms with Crippen molar-refractivity contribution in [3.63, 3.8) is 0 Å². The molecule has 1 fully saturated rings. The number of alkyl halides is 3. The molecule has 0 saturated heterocycles. The van der Waals surface area contributed by atoms with Crippen LogP contribution in [0.4, 0.5) is 17.6 Å². The van der Waals surface area contributed by atoms with Crippen molar-refractivity contribution in [3.8, 4) is 0 Å². The van der Waals surface area contributed by atoms with E-state index in [4.69, 9.17) is 5.11 Å². The van der Waals surface area contributed by atoms with E-state index in [-0.39, 0.29) is 12.0 Å². The molecular weight excluding hydrogens is 252 g/mol. The first kappa shape index (κ1) is 12.9. The van der Waals surface area contributed by atoms with E-state index in [1.165, 1.54) is 0 Å². The number of carboxylic acid groups (broad SMARTS) is 1. The maximum Gasteiger partial charge on any atom is 0.416 e. The average Bonchev–Trinajstić information content (AvgIpc) is 2.96. The predicted molar refractivity (Wildman–Crippen MR) is 54.6 cm³/mol.